The van der Waals surface area contributed by atoms with Crippen LogP contribution in [0.1, 0.15) is 45.6 Å². The molecule has 8 heteroatoms. The van der Waals surface area contributed by atoms with Crippen LogP contribution in [0.3, 0.4) is 0 Å². The quantitative estimate of drug-likeness (QED) is 0.711. The van der Waals surface area contributed by atoms with Gasteiger partial charge in [0.15, 0.2) is 0 Å². The standard InChI is InChI=1S/C26H33N3O4S/c1-26(2,3)25(31)28-17-14-20(15-18-28)24(30)27-21-10-12-22(13-11-21)34(32,33)29-16-6-8-19-7-4-5-9-23(19)29/h4-5,7,9-13,20H,6,8,14-18H2,1-3H3,(H,27,30). The van der Waals surface area contributed by atoms with E-state index in [1.54, 1.807) is 24.3 Å². The third-order valence-corrected chi connectivity index (χ3v) is 8.40. The molecule has 34 heavy (non-hydrogen) atoms. The summed E-state index contributed by atoms with van der Waals surface area (Å²) in [5.41, 5.74) is 1.92. The Balaban J connectivity index is 1.39. The van der Waals surface area contributed by atoms with Crippen LogP contribution in [0.4, 0.5) is 11.4 Å². The number of sulfonamides is 1. The molecule has 1 N–H and O–H groups in total. The molecule has 0 saturated carbocycles. The number of aryl methyl sites for hydroxylation is 1. The molecular weight excluding hydrogens is 450 g/mol. The SMILES string of the molecule is CC(C)(C)C(=O)N1CCC(C(=O)Nc2ccc(S(=O)(=O)N3CCCc4ccccc43)cc2)CC1. The maximum atomic E-state index is 13.3. The first kappa shape index (κ1) is 24.3. The summed E-state index contributed by atoms with van der Waals surface area (Å²) >= 11 is 0. The number of carbonyl (C=O) groups excluding carboxylic acids is 2. The van der Waals surface area contributed by atoms with Crippen LogP contribution in [-0.4, -0.2) is 44.8 Å². The van der Waals surface area contributed by atoms with Crippen LogP contribution < -0.4 is 9.62 Å². The van der Waals surface area contributed by atoms with Gasteiger partial charge in [0.25, 0.3) is 10.0 Å². The topological polar surface area (TPSA) is 86.8 Å². The number of benzene rings is 2. The van der Waals surface area contributed by atoms with Crippen molar-refractivity contribution in [3.8, 4) is 0 Å². The summed E-state index contributed by atoms with van der Waals surface area (Å²) in [6.07, 6.45) is 2.89. The minimum absolute atomic E-state index is 0.0941. The molecular formula is C26H33N3O4S. The molecule has 0 atom stereocenters. The lowest BCUT2D eigenvalue weighted by Crippen LogP contribution is -2.45. The fourth-order valence-corrected chi connectivity index (χ4v) is 6.19. The number of hydrogen-bond acceptors (Lipinski definition) is 4. The van der Waals surface area contributed by atoms with Crippen molar-refractivity contribution in [1.29, 1.82) is 0 Å². The number of hydrogen-bond donors (Lipinski definition) is 1. The average molecular weight is 484 g/mol. The number of para-hydroxylation sites is 1. The van der Waals surface area contributed by atoms with Crippen molar-refractivity contribution >= 4 is 33.2 Å². The van der Waals surface area contributed by atoms with Crippen LogP contribution in [0, 0.1) is 11.3 Å². The van der Waals surface area contributed by atoms with Crippen molar-refractivity contribution < 1.29 is 18.0 Å². The van der Waals surface area contributed by atoms with Gasteiger partial charge in [-0.1, -0.05) is 39.0 Å². The maximum absolute atomic E-state index is 13.3. The van der Waals surface area contributed by atoms with Crippen molar-refractivity contribution in [3.05, 3.63) is 54.1 Å². The molecule has 0 aromatic heterocycles. The Morgan fingerprint density at radius 3 is 2.24 bits per heavy atom. The Bertz CT molecular complexity index is 1160. The zero-order valence-electron chi connectivity index (χ0n) is 20.1. The zero-order valence-corrected chi connectivity index (χ0v) is 20.9. The van der Waals surface area contributed by atoms with Gasteiger partial charge in [-0.15, -0.1) is 0 Å². The van der Waals surface area contributed by atoms with Gasteiger partial charge in [0.1, 0.15) is 0 Å². The molecule has 2 aromatic rings. The molecule has 0 unspecified atom stereocenters. The fraction of sp³-hybridized carbons (Fsp3) is 0.462. The molecule has 2 heterocycles. The Morgan fingerprint density at radius 2 is 1.59 bits per heavy atom. The molecule has 0 aliphatic carbocycles. The van der Waals surface area contributed by atoms with Gasteiger partial charge in [0.05, 0.1) is 10.6 Å². The maximum Gasteiger partial charge on any atom is 0.264 e. The Hall–Kier alpha value is -2.87. The number of piperidine rings is 1. The van der Waals surface area contributed by atoms with E-state index in [4.69, 9.17) is 0 Å². The molecule has 2 aliphatic rings. The van der Waals surface area contributed by atoms with Gasteiger partial charge in [-0.3, -0.25) is 13.9 Å². The first-order valence-corrected chi connectivity index (χ1v) is 13.3. The highest BCUT2D eigenvalue weighted by atomic mass is 32.2. The molecule has 182 valence electrons. The number of likely N-dealkylation sites (tertiary alicyclic amines) is 1. The normalized spacial score (nSPS) is 17.3. The largest absolute Gasteiger partial charge is 0.342 e. The van der Waals surface area contributed by atoms with Crippen molar-refractivity contribution in [2.45, 2.75) is 51.3 Å². The van der Waals surface area contributed by atoms with Crippen LogP contribution in [0.25, 0.3) is 0 Å². The van der Waals surface area contributed by atoms with Crippen LogP contribution in [0.2, 0.25) is 0 Å². The third-order valence-electron chi connectivity index (χ3n) is 6.57. The number of carbonyl (C=O) groups is 2. The average Bonchev–Trinajstić information content (AvgIpc) is 2.83. The Labute approximate surface area is 202 Å². The molecule has 1 fully saturated rings. The lowest BCUT2D eigenvalue weighted by molar-refractivity contribution is -0.142. The number of rotatable bonds is 4. The van der Waals surface area contributed by atoms with E-state index in [0.29, 0.717) is 38.2 Å². The Kier molecular flexibility index (Phi) is 6.71. The lowest BCUT2D eigenvalue weighted by atomic mass is 9.90. The van der Waals surface area contributed by atoms with Crippen LogP contribution in [0.5, 0.6) is 0 Å². The molecule has 0 spiro atoms. The highest BCUT2D eigenvalue weighted by molar-refractivity contribution is 7.92. The van der Waals surface area contributed by atoms with Gasteiger partial charge in [-0.25, -0.2) is 8.42 Å². The summed E-state index contributed by atoms with van der Waals surface area (Å²) < 4.78 is 28.1. The first-order valence-electron chi connectivity index (χ1n) is 11.9. The van der Waals surface area contributed by atoms with E-state index in [-0.39, 0.29) is 22.6 Å². The summed E-state index contributed by atoms with van der Waals surface area (Å²) in [4.78, 5) is 27.3. The van der Waals surface area contributed by atoms with Gasteiger partial charge < -0.3 is 10.2 Å². The second-order valence-electron chi connectivity index (χ2n) is 10.1. The van der Waals surface area contributed by atoms with Crippen LogP contribution in [-0.2, 0) is 26.0 Å². The minimum Gasteiger partial charge on any atom is -0.342 e. The fourth-order valence-electron chi connectivity index (χ4n) is 4.65. The zero-order chi connectivity index (χ0) is 24.5. The first-order chi connectivity index (χ1) is 16.1. The number of nitrogens with zero attached hydrogens (tertiary/aromatic N) is 2. The van der Waals surface area contributed by atoms with E-state index in [2.05, 4.69) is 5.32 Å². The molecule has 2 aliphatic heterocycles. The number of amides is 2. The molecule has 2 aromatic carbocycles. The summed E-state index contributed by atoms with van der Waals surface area (Å²) in [7, 11) is -3.68. The van der Waals surface area contributed by atoms with E-state index in [9.17, 15) is 18.0 Å². The van der Waals surface area contributed by atoms with Gasteiger partial charge in [-0.05, 0) is 61.6 Å². The highest BCUT2D eigenvalue weighted by Crippen LogP contribution is 2.32. The highest BCUT2D eigenvalue weighted by Gasteiger charge is 2.33. The van der Waals surface area contributed by atoms with Gasteiger partial charge in [-0.2, -0.15) is 0 Å². The van der Waals surface area contributed by atoms with Crippen LogP contribution >= 0.6 is 0 Å². The van der Waals surface area contributed by atoms with Gasteiger partial charge in [0.2, 0.25) is 11.8 Å². The van der Waals surface area contributed by atoms with Crippen LogP contribution in [0.15, 0.2) is 53.4 Å². The predicted octanol–water partition coefficient (Wildman–Crippen LogP) is 4.05. The molecule has 0 bridgehead atoms. The Morgan fingerprint density at radius 1 is 0.941 bits per heavy atom. The van der Waals surface area contributed by atoms with Crippen molar-refractivity contribution in [3.63, 3.8) is 0 Å². The summed E-state index contributed by atoms with van der Waals surface area (Å²) in [6, 6.07) is 14.0. The molecule has 7 nitrogen and oxygen atoms in total. The number of fused-ring (bicyclic) bond motifs is 1. The summed E-state index contributed by atoms with van der Waals surface area (Å²) in [5.74, 6) is -0.153. The van der Waals surface area contributed by atoms with E-state index in [0.717, 1.165) is 24.1 Å². The predicted molar refractivity (Wildman–Crippen MR) is 133 cm³/mol. The number of nitrogens with one attached hydrogen (secondary N) is 1. The van der Waals surface area contributed by atoms with E-state index < -0.39 is 15.4 Å². The smallest absolute Gasteiger partial charge is 0.264 e. The molecule has 0 radical (unpaired) electrons. The van der Waals surface area contributed by atoms with E-state index in [1.165, 1.54) is 4.31 Å². The van der Waals surface area contributed by atoms with Gasteiger partial charge in [0, 0.05) is 36.7 Å². The second kappa shape index (κ2) is 9.41. The third kappa shape index (κ3) is 4.97. The number of anilines is 2. The van der Waals surface area contributed by atoms with Crippen molar-refractivity contribution in [2.75, 3.05) is 29.3 Å². The minimum atomic E-state index is -3.68. The monoisotopic (exact) mass is 483 g/mol. The van der Waals surface area contributed by atoms with E-state index >= 15 is 0 Å². The van der Waals surface area contributed by atoms with Crippen molar-refractivity contribution in [1.82, 2.24) is 4.90 Å². The second-order valence-corrected chi connectivity index (χ2v) is 12.0. The molecule has 2 amide bonds. The summed E-state index contributed by atoms with van der Waals surface area (Å²) in [5, 5.41) is 2.91. The molecule has 1 saturated heterocycles. The lowest BCUT2D eigenvalue weighted by Gasteiger charge is -2.35. The van der Waals surface area contributed by atoms with E-state index in [1.807, 2.05) is 49.9 Å². The molecule has 4 rings (SSSR count). The van der Waals surface area contributed by atoms with Gasteiger partial charge >= 0.3 is 0 Å². The summed E-state index contributed by atoms with van der Waals surface area (Å²) in [6.45, 7) is 7.31. The van der Waals surface area contributed by atoms with Crippen molar-refractivity contribution in [2.24, 2.45) is 11.3 Å².